The predicted octanol–water partition coefficient (Wildman–Crippen LogP) is 5.46. The molecule has 0 radical (unpaired) electrons. The van der Waals surface area contributed by atoms with Crippen molar-refractivity contribution in [3.8, 4) is 11.1 Å². The number of rotatable bonds is 5. The van der Waals surface area contributed by atoms with Gasteiger partial charge in [0.05, 0.1) is 0 Å². The molecule has 1 heterocycles. The van der Waals surface area contributed by atoms with Gasteiger partial charge in [0.2, 0.25) is 0 Å². The van der Waals surface area contributed by atoms with Gasteiger partial charge in [-0.3, -0.25) is 4.79 Å². The SMILES string of the molecule is O=C(NCCc1c[nH]c2ccc(Cl)cc12)c1ccc(-c2ccccc2)cc1. The van der Waals surface area contributed by atoms with Crippen LogP contribution in [-0.4, -0.2) is 17.4 Å². The van der Waals surface area contributed by atoms with Gasteiger partial charge in [-0.25, -0.2) is 0 Å². The Morgan fingerprint density at radius 3 is 2.44 bits per heavy atom. The van der Waals surface area contributed by atoms with Crippen LogP contribution in [0, 0.1) is 0 Å². The summed E-state index contributed by atoms with van der Waals surface area (Å²) in [6.07, 6.45) is 2.72. The smallest absolute Gasteiger partial charge is 0.251 e. The number of aromatic nitrogens is 1. The molecular formula is C23H19ClN2O. The van der Waals surface area contributed by atoms with E-state index in [0.29, 0.717) is 17.1 Å². The maximum Gasteiger partial charge on any atom is 0.251 e. The van der Waals surface area contributed by atoms with E-state index in [9.17, 15) is 4.79 Å². The van der Waals surface area contributed by atoms with E-state index in [1.54, 1.807) is 0 Å². The van der Waals surface area contributed by atoms with Gasteiger partial charge in [-0.15, -0.1) is 0 Å². The van der Waals surface area contributed by atoms with Gasteiger partial charge in [-0.2, -0.15) is 0 Å². The van der Waals surface area contributed by atoms with Crippen LogP contribution >= 0.6 is 11.6 Å². The number of hydrogen-bond acceptors (Lipinski definition) is 1. The number of carbonyl (C=O) groups is 1. The number of carbonyl (C=O) groups excluding carboxylic acids is 1. The minimum atomic E-state index is -0.0625. The highest BCUT2D eigenvalue weighted by Crippen LogP contribution is 2.23. The maximum absolute atomic E-state index is 12.4. The molecule has 27 heavy (non-hydrogen) atoms. The van der Waals surface area contributed by atoms with E-state index >= 15 is 0 Å². The second-order valence-electron chi connectivity index (χ2n) is 6.45. The van der Waals surface area contributed by atoms with Crippen LogP contribution < -0.4 is 5.32 Å². The standard InChI is InChI=1S/C23H19ClN2O/c24-20-10-11-22-21(14-20)19(15-26-22)12-13-25-23(27)18-8-6-17(7-9-18)16-4-2-1-3-5-16/h1-11,14-15,26H,12-13H2,(H,25,27). The molecule has 4 rings (SSSR count). The van der Waals surface area contributed by atoms with Crippen molar-refractivity contribution in [3.63, 3.8) is 0 Å². The number of halogens is 1. The molecule has 0 fully saturated rings. The third-order valence-electron chi connectivity index (χ3n) is 4.66. The van der Waals surface area contributed by atoms with Crippen LogP contribution in [0.25, 0.3) is 22.0 Å². The third-order valence-corrected chi connectivity index (χ3v) is 4.90. The fourth-order valence-electron chi connectivity index (χ4n) is 3.21. The molecule has 134 valence electrons. The maximum atomic E-state index is 12.4. The number of H-pyrrole nitrogens is 1. The molecule has 0 bridgehead atoms. The average Bonchev–Trinajstić information content (AvgIpc) is 3.11. The number of hydrogen-bond donors (Lipinski definition) is 2. The Balaban J connectivity index is 1.38. The van der Waals surface area contributed by atoms with Crippen molar-refractivity contribution < 1.29 is 4.79 Å². The zero-order valence-electron chi connectivity index (χ0n) is 14.7. The summed E-state index contributed by atoms with van der Waals surface area (Å²) in [4.78, 5) is 15.6. The van der Waals surface area contributed by atoms with Crippen molar-refractivity contribution >= 4 is 28.4 Å². The van der Waals surface area contributed by atoms with Gasteiger partial charge in [0, 0.05) is 34.2 Å². The molecule has 3 aromatic carbocycles. The molecule has 0 unspecified atom stereocenters. The van der Waals surface area contributed by atoms with E-state index in [-0.39, 0.29) is 5.91 Å². The summed E-state index contributed by atoms with van der Waals surface area (Å²) in [5, 5.41) is 4.80. The Hall–Kier alpha value is -3.04. The molecule has 0 atom stereocenters. The van der Waals surface area contributed by atoms with Gasteiger partial charge in [0.1, 0.15) is 0 Å². The number of benzene rings is 3. The predicted molar refractivity (Wildman–Crippen MR) is 111 cm³/mol. The summed E-state index contributed by atoms with van der Waals surface area (Å²) < 4.78 is 0. The van der Waals surface area contributed by atoms with Crippen LogP contribution in [0.15, 0.2) is 79.0 Å². The summed E-state index contributed by atoms with van der Waals surface area (Å²) in [6, 6.07) is 23.6. The number of fused-ring (bicyclic) bond motifs is 1. The Morgan fingerprint density at radius 1 is 0.926 bits per heavy atom. The molecule has 4 aromatic rings. The first-order chi connectivity index (χ1) is 13.2. The quantitative estimate of drug-likeness (QED) is 0.478. The Kier molecular flexibility index (Phi) is 4.95. The molecule has 0 spiro atoms. The first-order valence-electron chi connectivity index (χ1n) is 8.90. The van der Waals surface area contributed by atoms with Crippen LogP contribution in [0.5, 0.6) is 0 Å². The van der Waals surface area contributed by atoms with E-state index in [0.717, 1.165) is 34.0 Å². The van der Waals surface area contributed by atoms with Gasteiger partial charge >= 0.3 is 0 Å². The van der Waals surface area contributed by atoms with E-state index in [4.69, 9.17) is 11.6 Å². The van der Waals surface area contributed by atoms with Crippen molar-refractivity contribution in [1.29, 1.82) is 0 Å². The molecule has 2 N–H and O–H groups in total. The van der Waals surface area contributed by atoms with Crippen molar-refractivity contribution in [2.45, 2.75) is 6.42 Å². The van der Waals surface area contributed by atoms with Crippen LogP contribution in [-0.2, 0) is 6.42 Å². The minimum absolute atomic E-state index is 0.0625. The Bertz CT molecular complexity index is 1070. The monoisotopic (exact) mass is 374 g/mol. The number of nitrogens with one attached hydrogen (secondary N) is 2. The van der Waals surface area contributed by atoms with E-state index in [1.165, 1.54) is 0 Å². The molecule has 0 aliphatic heterocycles. The van der Waals surface area contributed by atoms with Gasteiger partial charge in [0.25, 0.3) is 5.91 Å². The van der Waals surface area contributed by atoms with Gasteiger partial charge in [0.15, 0.2) is 0 Å². The average molecular weight is 375 g/mol. The molecule has 1 amide bonds. The van der Waals surface area contributed by atoms with Crippen LogP contribution in [0.4, 0.5) is 0 Å². The Morgan fingerprint density at radius 2 is 1.67 bits per heavy atom. The first-order valence-corrected chi connectivity index (χ1v) is 9.28. The zero-order valence-corrected chi connectivity index (χ0v) is 15.5. The van der Waals surface area contributed by atoms with E-state index in [1.807, 2.05) is 66.9 Å². The lowest BCUT2D eigenvalue weighted by Gasteiger charge is -2.07. The highest BCUT2D eigenvalue weighted by molar-refractivity contribution is 6.31. The number of amides is 1. The van der Waals surface area contributed by atoms with Crippen molar-refractivity contribution in [2.75, 3.05) is 6.54 Å². The molecule has 1 aromatic heterocycles. The fraction of sp³-hybridized carbons (Fsp3) is 0.0870. The lowest BCUT2D eigenvalue weighted by atomic mass is 10.0. The molecule has 0 aliphatic carbocycles. The second kappa shape index (κ2) is 7.68. The van der Waals surface area contributed by atoms with Gasteiger partial charge in [-0.05, 0) is 53.4 Å². The molecule has 3 nitrogen and oxygen atoms in total. The van der Waals surface area contributed by atoms with Crippen LogP contribution in [0.3, 0.4) is 0 Å². The lowest BCUT2D eigenvalue weighted by Crippen LogP contribution is -2.25. The highest BCUT2D eigenvalue weighted by atomic mass is 35.5. The van der Waals surface area contributed by atoms with E-state index in [2.05, 4.69) is 22.4 Å². The topological polar surface area (TPSA) is 44.9 Å². The summed E-state index contributed by atoms with van der Waals surface area (Å²) in [7, 11) is 0. The highest BCUT2D eigenvalue weighted by Gasteiger charge is 2.08. The van der Waals surface area contributed by atoms with Crippen molar-refractivity contribution in [2.24, 2.45) is 0 Å². The largest absolute Gasteiger partial charge is 0.361 e. The van der Waals surface area contributed by atoms with Crippen molar-refractivity contribution in [1.82, 2.24) is 10.3 Å². The molecule has 4 heteroatoms. The normalized spacial score (nSPS) is 10.9. The Labute approximate surface area is 163 Å². The van der Waals surface area contributed by atoms with E-state index < -0.39 is 0 Å². The third kappa shape index (κ3) is 3.88. The second-order valence-corrected chi connectivity index (χ2v) is 6.89. The summed E-state index contributed by atoms with van der Waals surface area (Å²) in [5.74, 6) is -0.0625. The first kappa shape index (κ1) is 17.4. The summed E-state index contributed by atoms with van der Waals surface area (Å²) in [6.45, 7) is 0.568. The van der Waals surface area contributed by atoms with Crippen LogP contribution in [0.1, 0.15) is 15.9 Å². The molecule has 0 saturated heterocycles. The van der Waals surface area contributed by atoms with Crippen molar-refractivity contribution in [3.05, 3.63) is 95.1 Å². The summed E-state index contributed by atoms with van der Waals surface area (Å²) in [5.41, 5.74) is 5.10. The van der Waals surface area contributed by atoms with Gasteiger partial charge in [-0.1, -0.05) is 54.1 Å². The summed E-state index contributed by atoms with van der Waals surface area (Å²) >= 11 is 6.09. The fourth-order valence-corrected chi connectivity index (χ4v) is 3.39. The molecule has 0 saturated carbocycles. The molecular weight excluding hydrogens is 356 g/mol. The number of aromatic amines is 1. The zero-order chi connectivity index (χ0) is 18.6. The lowest BCUT2D eigenvalue weighted by molar-refractivity contribution is 0.0954. The van der Waals surface area contributed by atoms with Gasteiger partial charge < -0.3 is 10.3 Å². The minimum Gasteiger partial charge on any atom is -0.361 e. The van der Waals surface area contributed by atoms with Crippen LogP contribution in [0.2, 0.25) is 5.02 Å². The molecule has 0 aliphatic rings.